The number of rotatable bonds is 13. The summed E-state index contributed by atoms with van der Waals surface area (Å²) in [4.78, 5) is 24.9. The largest absolute Gasteiger partial charge is 0.494 e. The van der Waals surface area contributed by atoms with Crippen molar-refractivity contribution >= 4 is 27.6 Å². The molecule has 2 aromatic carbocycles. The average Bonchev–Trinajstić information content (AvgIpc) is 3.04. The zero-order valence-corrected chi connectivity index (χ0v) is 26.0. The fourth-order valence-corrected chi connectivity index (χ4v) is 6.26. The molecule has 0 spiro atoms. The van der Waals surface area contributed by atoms with E-state index in [1.807, 2.05) is 32.0 Å². The van der Waals surface area contributed by atoms with Gasteiger partial charge < -0.3 is 29.0 Å². The molecule has 1 heterocycles. The first-order valence-corrected chi connectivity index (χ1v) is 15.5. The van der Waals surface area contributed by atoms with Crippen molar-refractivity contribution < 1.29 is 41.7 Å². The molecule has 1 N–H and O–H groups in total. The van der Waals surface area contributed by atoms with Crippen LogP contribution in [0, 0.1) is 0 Å². The highest BCUT2D eigenvalue weighted by Gasteiger charge is 2.40. The van der Waals surface area contributed by atoms with Gasteiger partial charge in [0.05, 0.1) is 26.0 Å². The highest BCUT2D eigenvalue weighted by Crippen LogP contribution is 2.34. The third-order valence-corrected chi connectivity index (χ3v) is 8.23. The van der Waals surface area contributed by atoms with Crippen molar-refractivity contribution in [2.45, 2.75) is 77.0 Å². The zero-order valence-electron chi connectivity index (χ0n) is 25.2. The lowest BCUT2D eigenvalue weighted by Gasteiger charge is -2.31. The molecule has 12 heteroatoms. The van der Waals surface area contributed by atoms with E-state index in [4.69, 9.17) is 23.7 Å². The molecule has 0 unspecified atom stereocenters. The molecule has 0 bridgehead atoms. The summed E-state index contributed by atoms with van der Waals surface area (Å²) in [5.74, 6) is 0.701. The fourth-order valence-electron chi connectivity index (χ4n) is 4.50. The molecule has 1 aliphatic heterocycles. The monoisotopic (exact) mass is 606 g/mol. The number of ether oxygens (including phenoxy) is 5. The van der Waals surface area contributed by atoms with E-state index in [1.54, 1.807) is 32.9 Å². The molecule has 0 saturated carbocycles. The molecule has 0 aliphatic carbocycles. The van der Waals surface area contributed by atoms with Gasteiger partial charge >= 0.3 is 11.9 Å². The van der Waals surface area contributed by atoms with Gasteiger partial charge in [-0.2, -0.15) is 4.31 Å². The van der Waals surface area contributed by atoms with Crippen LogP contribution in [-0.2, 0) is 35.7 Å². The minimum absolute atomic E-state index is 0.0193. The number of benzene rings is 2. The Morgan fingerprint density at radius 2 is 1.64 bits per heavy atom. The van der Waals surface area contributed by atoms with Gasteiger partial charge in [-0.25, -0.2) is 8.42 Å². The number of hydrogen-bond acceptors (Lipinski definition) is 10. The van der Waals surface area contributed by atoms with Gasteiger partial charge in [0.15, 0.2) is 0 Å². The summed E-state index contributed by atoms with van der Waals surface area (Å²) >= 11 is 0. The van der Waals surface area contributed by atoms with Crippen molar-refractivity contribution in [3.05, 3.63) is 42.0 Å². The summed E-state index contributed by atoms with van der Waals surface area (Å²) in [7, 11) is -2.84. The lowest BCUT2D eigenvalue weighted by molar-refractivity contribution is -0.160. The summed E-state index contributed by atoms with van der Waals surface area (Å²) in [6.45, 7) is 10.5. The van der Waals surface area contributed by atoms with Crippen molar-refractivity contribution in [1.29, 1.82) is 0 Å². The van der Waals surface area contributed by atoms with Crippen LogP contribution in [0.5, 0.6) is 17.2 Å². The Morgan fingerprint density at radius 3 is 2.24 bits per heavy atom. The Kier molecular flexibility index (Phi) is 11.5. The number of nitrogens with zero attached hydrogens (tertiary/aromatic N) is 1. The molecular formula is C30H42N2O9S. The quantitative estimate of drug-likeness (QED) is 0.325. The molecule has 0 aromatic heterocycles. The maximum Gasteiger partial charge on any atom is 0.324 e. The van der Waals surface area contributed by atoms with Crippen LogP contribution in [0.2, 0.25) is 0 Å². The van der Waals surface area contributed by atoms with Crippen LogP contribution in [-0.4, -0.2) is 69.7 Å². The summed E-state index contributed by atoms with van der Waals surface area (Å²) in [6, 6.07) is 9.12. The zero-order chi connectivity index (χ0) is 30.9. The van der Waals surface area contributed by atoms with Gasteiger partial charge in [0.2, 0.25) is 10.0 Å². The van der Waals surface area contributed by atoms with E-state index in [-0.39, 0.29) is 43.9 Å². The second-order valence-corrected chi connectivity index (χ2v) is 12.5. The molecule has 0 amide bonds. The smallest absolute Gasteiger partial charge is 0.324 e. The van der Waals surface area contributed by atoms with E-state index in [2.05, 4.69) is 5.32 Å². The van der Waals surface area contributed by atoms with Crippen LogP contribution in [0.1, 0.15) is 59.4 Å². The molecule has 1 aliphatic rings. The lowest BCUT2D eigenvalue weighted by atomic mass is 10.1. The third-order valence-electron chi connectivity index (χ3n) is 6.27. The third kappa shape index (κ3) is 8.99. The number of sulfonamides is 1. The van der Waals surface area contributed by atoms with Crippen LogP contribution in [0.4, 0.5) is 5.69 Å². The van der Waals surface area contributed by atoms with E-state index >= 15 is 0 Å². The van der Waals surface area contributed by atoms with E-state index in [1.165, 1.54) is 13.2 Å². The molecular weight excluding hydrogens is 564 g/mol. The number of fused-ring (bicyclic) bond motifs is 1. The summed E-state index contributed by atoms with van der Waals surface area (Å²) in [5, 5.41) is 3.16. The number of carbonyl (C=O) groups is 2. The molecule has 0 radical (unpaired) electrons. The maximum atomic E-state index is 13.9. The predicted molar refractivity (Wildman–Crippen MR) is 157 cm³/mol. The SMILES string of the molecule is CCOc1cc(COc2ccc3c(c2)NCCN([C@H](CCCC(=O)OC)C(=O)OC(C)(C)C)S3(=O)=O)cc(OCC)c1. The number of esters is 2. The highest BCUT2D eigenvalue weighted by atomic mass is 32.2. The lowest BCUT2D eigenvalue weighted by Crippen LogP contribution is -2.48. The molecule has 0 fully saturated rings. The first-order chi connectivity index (χ1) is 19.9. The Hall–Kier alpha value is -3.51. The Morgan fingerprint density at radius 1 is 0.976 bits per heavy atom. The molecule has 42 heavy (non-hydrogen) atoms. The number of anilines is 1. The normalized spacial score (nSPS) is 15.4. The van der Waals surface area contributed by atoms with Gasteiger partial charge in [-0.1, -0.05) is 0 Å². The summed E-state index contributed by atoms with van der Waals surface area (Å²) in [5.41, 5.74) is 0.380. The van der Waals surface area contributed by atoms with Crippen molar-refractivity contribution in [2.75, 3.05) is 38.7 Å². The van der Waals surface area contributed by atoms with E-state index in [9.17, 15) is 18.0 Å². The highest BCUT2D eigenvalue weighted by molar-refractivity contribution is 7.89. The molecule has 2 aromatic rings. The predicted octanol–water partition coefficient (Wildman–Crippen LogP) is 4.53. The number of carbonyl (C=O) groups excluding carboxylic acids is 2. The summed E-state index contributed by atoms with van der Waals surface area (Å²) in [6.07, 6.45) is 0.411. The van der Waals surface area contributed by atoms with Crippen molar-refractivity contribution in [2.24, 2.45) is 0 Å². The molecule has 0 saturated heterocycles. The maximum absolute atomic E-state index is 13.9. The second kappa shape index (κ2) is 14.6. The Labute approximate surface area is 248 Å². The fraction of sp³-hybridized carbons (Fsp3) is 0.533. The molecule has 11 nitrogen and oxygen atoms in total. The second-order valence-electron chi connectivity index (χ2n) is 10.7. The Balaban J connectivity index is 1.84. The van der Waals surface area contributed by atoms with E-state index in [0.717, 1.165) is 9.87 Å². The molecule has 3 rings (SSSR count). The van der Waals surface area contributed by atoms with Crippen LogP contribution >= 0.6 is 0 Å². The van der Waals surface area contributed by atoms with Gasteiger partial charge in [0.25, 0.3) is 0 Å². The molecule has 232 valence electrons. The van der Waals surface area contributed by atoms with Gasteiger partial charge in [-0.15, -0.1) is 0 Å². The standard InChI is InChI=1S/C30H42N2O9S/c1-7-38-23-16-21(17-24(18-23)39-8-2)20-40-22-12-13-27-25(19-22)31-14-15-32(42(27,35)36)26(10-9-11-28(33)37-6)29(34)41-30(3,4)5/h12-13,16-19,26,31H,7-11,14-15,20H2,1-6H3/t26-/m1/s1. The van der Waals surface area contributed by atoms with Crippen LogP contribution in [0.25, 0.3) is 0 Å². The van der Waals surface area contributed by atoms with E-state index < -0.39 is 33.6 Å². The minimum atomic E-state index is -4.12. The van der Waals surface area contributed by atoms with E-state index in [0.29, 0.717) is 36.1 Å². The van der Waals surface area contributed by atoms with Crippen LogP contribution in [0.3, 0.4) is 0 Å². The number of nitrogens with one attached hydrogen (secondary N) is 1. The van der Waals surface area contributed by atoms with Gasteiger partial charge in [0.1, 0.15) is 40.4 Å². The number of methoxy groups -OCH3 is 1. The summed E-state index contributed by atoms with van der Waals surface area (Å²) < 4.78 is 56.5. The molecule has 1 atom stereocenters. The van der Waals surface area contributed by atoms with Gasteiger partial charge in [0, 0.05) is 31.6 Å². The Bertz CT molecular complexity index is 1310. The van der Waals surface area contributed by atoms with Gasteiger partial charge in [-0.05, 0) is 77.3 Å². The minimum Gasteiger partial charge on any atom is -0.494 e. The van der Waals surface area contributed by atoms with Crippen LogP contribution < -0.4 is 19.5 Å². The number of hydrogen-bond donors (Lipinski definition) is 1. The van der Waals surface area contributed by atoms with Crippen LogP contribution in [0.15, 0.2) is 41.3 Å². The van der Waals surface area contributed by atoms with Gasteiger partial charge in [-0.3, -0.25) is 9.59 Å². The first-order valence-electron chi connectivity index (χ1n) is 14.1. The van der Waals surface area contributed by atoms with Crippen molar-refractivity contribution in [3.63, 3.8) is 0 Å². The van der Waals surface area contributed by atoms with Crippen molar-refractivity contribution in [1.82, 2.24) is 4.31 Å². The van der Waals surface area contributed by atoms with Crippen molar-refractivity contribution in [3.8, 4) is 17.2 Å². The first kappa shape index (κ1) is 33.0. The topological polar surface area (TPSA) is 130 Å². The average molecular weight is 607 g/mol.